The van der Waals surface area contributed by atoms with E-state index in [0.717, 1.165) is 0 Å². The maximum absolute atomic E-state index is 13.2. The average Bonchev–Trinajstić information content (AvgIpc) is 2.95. The van der Waals surface area contributed by atoms with Gasteiger partial charge in [0.05, 0.1) is 0 Å². The Labute approximate surface area is 158 Å². The lowest BCUT2D eigenvalue weighted by atomic mass is 10.1. The molecular weight excluding hydrogens is 370 g/mol. The molecule has 0 bridgehead atoms. The molecule has 2 aromatic heterocycles. The van der Waals surface area contributed by atoms with E-state index in [1.807, 2.05) is 0 Å². The number of halogens is 2. The number of aromatic nitrogens is 3. The van der Waals surface area contributed by atoms with Crippen molar-refractivity contribution in [3.05, 3.63) is 58.6 Å². The molecule has 1 saturated heterocycles. The number of carbonyl (C=O) groups excluding carboxylic acids is 1. The van der Waals surface area contributed by atoms with Crippen LogP contribution in [0.25, 0.3) is 5.65 Å². The van der Waals surface area contributed by atoms with Crippen molar-refractivity contribution in [2.24, 2.45) is 7.05 Å². The second-order valence-electron chi connectivity index (χ2n) is 6.77. The summed E-state index contributed by atoms with van der Waals surface area (Å²) in [6.07, 6.45) is 0.960. The van der Waals surface area contributed by atoms with E-state index in [-0.39, 0.29) is 37.5 Å². The van der Waals surface area contributed by atoms with Crippen molar-refractivity contribution in [2.45, 2.75) is 18.8 Å². The predicted octanol–water partition coefficient (Wildman–Crippen LogP) is 2.70. The average molecular weight is 388 g/mol. The summed E-state index contributed by atoms with van der Waals surface area (Å²) in [4.78, 5) is 25.7. The van der Waals surface area contributed by atoms with Gasteiger partial charge in [0.1, 0.15) is 11.5 Å². The van der Waals surface area contributed by atoms with Crippen LogP contribution in [0.3, 0.4) is 0 Å². The number of carbonyl (C=O) groups is 1. The van der Waals surface area contributed by atoms with Crippen molar-refractivity contribution in [3.63, 3.8) is 0 Å². The number of alkyl halides is 2. The number of fused-ring (bicyclic) bond motifs is 1. The van der Waals surface area contributed by atoms with E-state index in [1.165, 1.54) is 14.0 Å². The van der Waals surface area contributed by atoms with Gasteiger partial charge in [-0.05, 0) is 30.3 Å². The maximum Gasteiger partial charge on any atom is 0.350 e. The number of aryl methyl sites for hydroxylation is 1. The Bertz CT molecular complexity index is 1080. The lowest BCUT2D eigenvalue weighted by Gasteiger charge is -2.31. The molecule has 0 N–H and O–H groups in total. The molecule has 0 unspecified atom stereocenters. The van der Waals surface area contributed by atoms with Crippen molar-refractivity contribution < 1.29 is 18.3 Å². The number of ether oxygens (including phenoxy) is 1. The first-order chi connectivity index (χ1) is 13.3. The molecule has 1 aliphatic rings. The maximum atomic E-state index is 13.2. The van der Waals surface area contributed by atoms with Gasteiger partial charge in [-0.15, -0.1) is 0 Å². The molecule has 9 heteroatoms. The standard InChI is InChI=1S/C19H18F2N4O3/c1-23-18(27)25-9-6-15(12-16(25)22-23)28-14-4-2-13(3-5-14)17(26)24-10-7-19(20,21)8-11-24/h2-6,9,12H,7-8,10-11H2,1H3. The highest BCUT2D eigenvalue weighted by Crippen LogP contribution is 2.29. The van der Waals surface area contributed by atoms with Gasteiger partial charge < -0.3 is 9.64 Å². The summed E-state index contributed by atoms with van der Waals surface area (Å²) in [5, 5.41) is 4.10. The van der Waals surface area contributed by atoms with E-state index in [0.29, 0.717) is 22.7 Å². The first-order valence-electron chi connectivity index (χ1n) is 8.83. The molecule has 28 heavy (non-hydrogen) atoms. The lowest BCUT2D eigenvalue weighted by Crippen LogP contribution is -2.42. The van der Waals surface area contributed by atoms with Crippen LogP contribution in [0.5, 0.6) is 11.5 Å². The third-order valence-electron chi connectivity index (χ3n) is 4.76. The molecule has 4 rings (SSSR count). The van der Waals surface area contributed by atoms with Crippen LogP contribution in [-0.2, 0) is 7.05 Å². The van der Waals surface area contributed by atoms with Crippen LogP contribution in [0, 0.1) is 0 Å². The molecule has 1 aromatic carbocycles. The molecule has 7 nitrogen and oxygen atoms in total. The van der Waals surface area contributed by atoms with Gasteiger partial charge in [0.2, 0.25) is 0 Å². The van der Waals surface area contributed by atoms with Gasteiger partial charge in [0, 0.05) is 50.8 Å². The Kier molecular flexibility index (Phi) is 4.37. The van der Waals surface area contributed by atoms with Crippen molar-refractivity contribution in [3.8, 4) is 11.5 Å². The van der Waals surface area contributed by atoms with Crippen LogP contribution in [-0.4, -0.2) is 44.0 Å². The highest BCUT2D eigenvalue weighted by atomic mass is 19.3. The Morgan fingerprint density at radius 2 is 1.79 bits per heavy atom. The fraction of sp³-hybridized carbons (Fsp3) is 0.316. The minimum Gasteiger partial charge on any atom is -0.457 e. The zero-order chi connectivity index (χ0) is 19.9. The van der Waals surface area contributed by atoms with E-state index in [4.69, 9.17) is 4.74 Å². The van der Waals surface area contributed by atoms with E-state index in [2.05, 4.69) is 5.10 Å². The third-order valence-corrected chi connectivity index (χ3v) is 4.76. The molecule has 0 atom stereocenters. The number of nitrogens with zero attached hydrogens (tertiary/aromatic N) is 4. The van der Waals surface area contributed by atoms with Crippen LogP contribution in [0.4, 0.5) is 8.78 Å². The Hall–Kier alpha value is -3.23. The number of amides is 1. The van der Waals surface area contributed by atoms with Gasteiger partial charge in [-0.2, -0.15) is 5.10 Å². The number of pyridine rings is 1. The molecule has 1 aliphatic heterocycles. The number of likely N-dealkylation sites (tertiary alicyclic amines) is 1. The van der Waals surface area contributed by atoms with Crippen LogP contribution in [0.1, 0.15) is 23.2 Å². The lowest BCUT2D eigenvalue weighted by molar-refractivity contribution is -0.0494. The number of hydrogen-bond acceptors (Lipinski definition) is 4. The molecule has 1 amide bonds. The summed E-state index contributed by atoms with van der Waals surface area (Å²) >= 11 is 0. The number of benzene rings is 1. The molecule has 146 valence electrons. The summed E-state index contributed by atoms with van der Waals surface area (Å²) < 4.78 is 34.9. The smallest absolute Gasteiger partial charge is 0.350 e. The van der Waals surface area contributed by atoms with E-state index in [9.17, 15) is 18.4 Å². The number of piperidine rings is 1. The minimum absolute atomic E-state index is 0.0492. The predicted molar refractivity (Wildman–Crippen MR) is 97.0 cm³/mol. The molecule has 3 heterocycles. The monoisotopic (exact) mass is 388 g/mol. The summed E-state index contributed by atoms with van der Waals surface area (Å²) in [6.45, 7) is 0.0983. The Morgan fingerprint density at radius 3 is 2.46 bits per heavy atom. The molecule has 1 fully saturated rings. The normalized spacial score (nSPS) is 16.3. The summed E-state index contributed by atoms with van der Waals surface area (Å²) in [5.41, 5.74) is 0.628. The summed E-state index contributed by atoms with van der Waals surface area (Å²) in [7, 11) is 1.56. The molecule has 3 aromatic rings. The Morgan fingerprint density at radius 1 is 1.11 bits per heavy atom. The van der Waals surface area contributed by atoms with Crippen LogP contribution < -0.4 is 10.4 Å². The van der Waals surface area contributed by atoms with Gasteiger partial charge >= 0.3 is 5.69 Å². The topological polar surface area (TPSA) is 68.8 Å². The number of rotatable bonds is 3. The van der Waals surface area contributed by atoms with Gasteiger partial charge in [0.15, 0.2) is 5.65 Å². The zero-order valence-electron chi connectivity index (χ0n) is 15.1. The number of hydrogen-bond donors (Lipinski definition) is 0. The fourth-order valence-electron chi connectivity index (χ4n) is 3.15. The van der Waals surface area contributed by atoms with Gasteiger partial charge in [0.25, 0.3) is 11.8 Å². The molecule has 0 aliphatic carbocycles. The zero-order valence-corrected chi connectivity index (χ0v) is 15.1. The highest BCUT2D eigenvalue weighted by Gasteiger charge is 2.35. The Balaban J connectivity index is 1.46. The van der Waals surface area contributed by atoms with Crippen molar-refractivity contribution >= 4 is 11.6 Å². The third kappa shape index (κ3) is 3.47. The van der Waals surface area contributed by atoms with Gasteiger partial charge in [-0.1, -0.05) is 0 Å². The van der Waals surface area contributed by atoms with Crippen LogP contribution in [0.15, 0.2) is 47.4 Å². The second kappa shape index (κ2) is 6.74. The van der Waals surface area contributed by atoms with Gasteiger partial charge in [-0.25, -0.2) is 18.3 Å². The van der Waals surface area contributed by atoms with Crippen LogP contribution >= 0.6 is 0 Å². The van der Waals surface area contributed by atoms with E-state index >= 15 is 0 Å². The van der Waals surface area contributed by atoms with E-state index in [1.54, 1.807) is 49.6 Å². The fourth-order valence-corrected chi connectivity index (χ4v) is 3.15. The van der Waals surface area contributed by atoms with Gasteiger partial charge in [-0.3, -0.25) is 9.20 Å². The molecule has 0 saturated carbocycles. The highest BCUT2D eigenvalue weighted by molar-refractivity contribution is 5.94. The summed E-state index contributed by atoms with van der Waals surface area (Å²) in [5.74, 6) is -1.95. The van der Waals surface area contributed by atoms with Crippen molar-refractivity contribution in [1.29, 1.82) is 0 Å². The first-order valence-corrected chi connectivity index (χ1v) is 8.83. The molecular formula is C19H18F2N4O3. The quantitative estimate of drug-likeness (QED) is 0.692. The molecule has 0 spiro atoms. The van der Waals surface area contributed by atoms with E-state index < -0.39 is 5.92 Å². The molecule has 0 radical (unpaired) electrons. The summed E-state index contributed by atoms with van der Waals surface area (Å²) in [6, 6.07) is 9.76. The van der Waals surface area contributed by atoms with Crippen molar-refractivity contribution in [1.82, 2.24) is 19.1 Å². The largest absolute Gasteiger partial charge is 0.457 e. The first kappa shape index (κ1) is 18.1. The van der Waals surface area contributed by atoms with Crippen LogP contribution in [0.2, 0.25) is 0 Å². The minimum atomic E-state index is -2.69. The van der Waals surface area contributed by atoms with Crippen molar-refractivity contribution in [2.75, 3.05) is 13.1 Å². The second-order valence-corrected chi connectivity index (χ2v) is 6.77. The SMILES string of the molecule is Cn1nc2cc(Oc3ccc(C(=O)N4CCC(F)(F)CC4)cc3)ccn2c1=O.